The van der Waals surface area contributed by atoms with Crippen molar-refractivity contribution in [1.82, 2.24) is 5.48 Å². The van der Waals surface area contributed by atoms with Gasteiger partial charge in [-0.25, -0.2) is 4.79 Å². The summed E-state index contributed by atoms with van der Waals surface area (Å²) in [5.74, 6) is -0.493. The lowest BCUT2D eigenvalue weighted by Crippen LogP contribution is -2.15. The summed E-state index contributed by atoms with van der Waals surface area (Å²) < 4.78 is 0. The molecule has 1 N–H and O–H groups in total. The first kappa shape index (κ1) is 10.2. The number of hydrogen-bond acceptors (Lipinski definition) is 4. The van der Waals surface area contributed by atoms with Gasteiger partial charge in [0.25, 0.3) is 0 Å². The second-order valence-electron chi connectivity index (χ2n) is 2.79. The summed E-state index contributed by atoms with van der Waals surface area (Å²) in [6.45, 7) is 1.82. The monoisotopic (exact) mass is 190 g/mol. The van der Waals surface area contributed by atoms with Gasteiger partial charge in [-0.15, -0.1) is 0 Å². The second-order valence-corrected chi connectivity index (χ2v) is 2.79. The summed E-state index contributed by atoms with van der Waals surface area (Å²) in [5.41, 5.74) is 3.97. The Morgan fingerprint density at radius 3 is 2.79 bits per heavy atom. The molecule has 0 aliphatic heterocycles. The van der Waals surface area contributed by atoms with Gasteiger partial charge >= 0.3 is 5.97 Å². The van der Waals surface area contributed by atoms with Crippen LogP contribution < -0.4 is 5.48 Å². The first-order valence-corrected chi connectivity index (χ1v) is 4.07. The highest BCUT2D eigenvalue weighted by atomic mass is 16.7. The number of aryl methyl sites for hydroxylation is 1. The molecule has 72 valence electrons. The number of carbonyl (C=O) groups is 1. The number of hydroxylamine groups is 1. The van der Waals surface area contributed by atoms with E-state index in [4.69, 9.17) is 5.26 Å². The van der Waals surface area contributed by atoms with Crippen molar-refractivity contribution < 1.29 is 9.63 Å². The van der Waals surface area contributed by atoms with Crippen LogP contribution in [0.2, 0.25) is 0 Å². The third-order valence-corrected chi connectivity index (χ3v) is 1.64. The Labute approximate surface area is 82.1 Å². The Bertz CT molecular complexity index is 394. The van der Waals surface area contributed by atoms with E-state index in [0.717, 1.165) is 5.56 Å². The Hall–Kier alpha value is -1.86. The summed E-state index contributed by atoms with van der Waals surface area (Å²) in [4.78, 5) is 15.9. The third kappa shape index (κ3) is 2.31. The van der Waals surface area contributed by atoms with Crippen LogP contribution in [-0.4, -0.2) is 13.0 Å². The molecule has 0 aliphatic rings. The first-order valence-electron chi connectivity index (χ1n) is 4.07. The zero-order valence-corrected chi connectivity index (χ0v) is 8.00. The maximum Gasteiger partial charge on any atom is 0.356 e. The topological polar surface area (TPSA) is 62.1 Å². The van der Waals surface area contributed by atoms with E-state index in [1.165, 1.54) is 13.1 Å². The van der Waals surface area contributed by atoms with Gasteiger partial charge in [-0.1, -0.05) is 0 Å². The fourth-order valence-electron chi connectivity index (χ4n) is 1.12. The molecule has 0 aromatic heterocycles. The van der Waals surface area contributed by atoms with Crippen LogP contribution in [0.1, 0.15) is 21.5 Å². The van der Waals surface area contributed by atoms with Gasteiger partial charge in [-0.05, 0) is 30.7 Å². The molecule has 1 aromatic carbocycles. The molecule has 14 heavy (non-hydrogen) atoms. The highest BCUT2D eigenvalue weighted by Crippen LogP contribution is 2.09. The fourth-order valence-corrected chi connectivity index (χ4v) is 1.12. The summed E-state index contributed by atoms with van der Waals surface area (Å²) in [6.07, 6.45) is 0. The van der Waals surface area contributed by atoms with Gasteiger partial charge in [0.2, 0.25) is 0 Å². The van der Waals surface area contributed by atoms with Gasteiger partial charge in [0.1, 0.15) is 0 Å². The largest absolute Gasteiger partial charge is 0.367 e. The van der Waals surface area contributed by atoms with Crippen molar-refractivity contribution >= 4 is 5.97 Å². The van der Waals surface area contributed by atoms with Crippen LogP contribution in [0, 0.1) is 18.3 Å². The van der Waals surface area contributed by atoms with E-state index < -0.39 is 5.97 Å². The molecule has 0 aliphatic carbocycles. The second kappa shape index (κ2) is 4.40. The van der Waals surface area contributed by atoms with Gasteiger partial charge in [-0.3, -0.25) is 0 Å². The number of benzene rings is 1. The molecular weight excluding hydrogens is 180 g/mol. The molecule has 0 saturated carbocycles. The van der Waals surface area contributed by atoms with Gasteiger partial charge in [0.05, 0.1) is 17.2 Å². The van der Waals surface area contributed by atoms with Crippen LogP contribution in [0.5, 0.6) is 0 Å². The van der Waals surface area contributed by atoms with Gasteiger partial charge in [0.15, 0.2) is 0 Å². The van der Waals surface area contributed by atoms with Crippen LogP contribution in [-0.2, 0) is 4.84 Å². The SMILES string of the molecule is CNOC(=O)c1cc(C)cc(C#N)c1. The fraction of sp³-hybridized carbons (Fsp3) is 0.200. The van der Waals surface area contributed by atoms with Crippen molar-refractivity contribution in [3.05, 3.63) is 34.9 Å². The van der Waals surface area contributed by atoms with Crippen molar-refractivity contribution in [3.8, 4) is 6.07 Å². The number of nitriles is 1. The molecule has 4 nitrogen and oxygen atoms in total. The Morgan fingerprint density at radius 2 is 2.21 bits per heavy atom. The predicted octanol–water partition coefficient (Wildman–Crippen LogP) is 1.16. The molecule has 0 fully saturated rings. The summed E-state index contributed by atoms with van der Waals surface area (Å²) in [6, 6.07) is 6.84. The Balaban J connectivity index is 3.04. The molecule has 0 heterocycles. The lowest BCUT2D eigenvalue weighted by atomic mass is 10.1. The summed E-state index contributed by atoms with van der Waals surface area (Å²) >= 11 is 0. The number of rotatable bonds is 2. The van der Waals surface area contributed by atoms with Crippen LogP contribution in [0.15, 0.2) is 18.2 Å². The van der Waals surface area contributed by atoms with Gasteiger partial charge < -0.3 is 4.84 Å². The Morgan fingerprint density at radius 1 is 1.50 bits per heavy atom. The average Bonchev–Trinajstić information content (AvgIpc) is 2.17. The predicted molar refractivity (Wildman–Crippen MR) is 50.4 cm³/mol. The number of nitrogens with one attached hydrogen (secondary N) is 1. The molecule has 0 bridgehead atoms. The van der Waals surface area contributed by atoms with E-state index in [1.54, 1.807) is 12.1 Å². The van der Waals surface area contributed by atoms with Gasteiger partial charge in [-0.2, -0.15) is 10.7 Å². The minimum atomic E-state index is -0.493. The van der Waals surface area contributed by atoms with Crippen molar-refractivity contribution in [3.63, 3.8) is 0 Å². The average molecular weight is 190 g/mol. The standard InChI is InChI=1S/C10H10N2O2/c1-7-3-8(6-11)5-9(4-7)10(13)14-12-2/h3-5,12H,1-2H3. The van der Waals surface area contributed by atoms with Crippen molar-refractivity contribution in [2.24, 2.45) is 0 Å². The first-order chi connectivity index (χ1) is 6.67. The maximum atomic E-state index is 11.3. The summed E-state index contributed by atoms with van der Waals surface area (Å²) in [5, 5.41) is 8.68. The zero-order chi connectivity index (χ0) is 10.6. The van der Waals surface area contributed by atoms with Crippen LogP contribution in [0.4, 0.5) is 0 Å². The lowest BCUT2D eigenvalue weighted by Gasteiger charge is -2.02. The quantitative estimate of drug-likeness (QED) is 0.711. The van der Waals surface area contributed by atoms with Crippen molar-refractivity contribution in [1.29, 1.82) is 5.26 Å². The van der Waals surface area contributed by atoms with E-state index in [1.807, 2.05) is 13.0 Å². The van der Waals surface area contributed by atoms with E-state index in [-0.39, 0.29) is 0 Å². The number of hydrogen-bond donors (Lipinski definition) is 1. The van der Waals surface area contributed by atoms with Crippen molar-refractivity contribution in [2.75, 3.05) is 7.05 Å². The summed E-state index contributed by atoms with van der Waals surface area (Å²) in [7, 11) is 1.50. The van der Waals surface area contributed by atoms with Gasteiger partial charge in [0, 0.05) is 7.05 Å². The minimum Gasteiger partial charge on any atom is -0.367 e. The van der Waals surface area contributed by atoms with Crippen molar-refractivity contribution in [2.45, 2.75) is 6.92 Å². The van der Waals surface area contributed by atoms with Crippen LogP contribution in [0.25, 0.3) is 0 Å². The molecule has 0 atom stereocenters. The normalized spacial score (nSPS) is 9.21. The molecule has 0 spiro atoms. The number of carbonyl (C=O) groups excluding carboxylic acids is 1. The molecule has 0 radical (unpaired) electrons. The van der Waals surface area contributed by atoms with E-state index in [9.17, 15) is 4.79 Å². The number of nitrogens with zero attached hydrogens (tertiary/aromatic N) is 1. The van der Waals surface area contributed by atoms with E-state index in [0.29, 0.717) is 11.1 Å². The molecule has 4 heteroatoms. The smallest absolute Gasteiger partial charge is 0.356 e. The zero-order valence-electron chi connectivity index (χ0n) is 8.00. The molecule has 1 rings (SSSR count). The van der Waals surface area contributed by atoms with E-state index in [2.05, 4.69) is 10.3 Å². The van der Waals surface area contributed by atoms with Crippen LogP contribution >= 0.6 is 0 Å². The molecule has 0 amide bonds. The molecule has 1 aromatic rings. The lowest BCUT2D eigenvalue weighted by molar-refractivity contribution is 0.0310. The van der Waals surface area contributed by atoms with Crippen LogP contribution in [0.3, 0.4) is 0 Å². The maximum absolute atomic E-state index is 11.3. The molecular formula is C10H10N2O2. The highest BCUT2D eigenvalue weighted by molar-refractivity contribution is 5.89. The third-order valence-electron chi connectivity index (χ3n) is 1.64. The minimum absolute atomic E-state index is 0.371. The molecule has 0 unspecified atom stereocenters. The Kier molecular flexibility index (Phi) is 3.21. The van der Waals surface area contributed by atoms with E-state index >= 15 is 0 Å². The molecule has 0 saturated heterocycles. The highest BCUT2D eigenvalue weighted by Gasteiger charge is 2.08.